The minimum Gasteiger partial charge on any atom is -0.372 e. The van der Waals surface area contributed by atoms with Crippen molar-refractivity contribution in [2.75, 3.05) is 30.4 Å². The maximum atomic E-state index is 4.63. The van der Waals surface area contributed by atoms with Crippen molar-refractivity contribution >= 4 is 33.7 Å². The smallest absolute Gasteiger partial charge is 0.130 e. The second kappa shape index (κ2) is 11.6. The van der Waals surface area contributed by atoms with E-state index in [1.165, 1.54) is 5.69 Å². The molecular weight excluding hydrogens is 416 g/mol. The summed E-state index contributed by atoms with van der Waals surface area (Å²) in [5.41, 5.74) is 6.43. The van der Waals surface area contributed by atoms with Crippen LogP contribution in [0.2, 0.25) is 0 Å². The predicted octanol–water partition coefficient (Wildman–Crippen LogP) is 7.77. The number of hydrogen-bond donors (Lipinski definition) is 1. The third-order valence-electron chi connectivity index (χ3n) is 6.05. The minimum atomic E-state index is 0.786. The van der Waals surface area contributed by atoms with E-state index in [0.717, 1.165) is 70.7 Å². The lowest BCUT2D eigenvalue weighted by Crippen LogP contribution is -2.24. The average molecular weight is 455 g/mol. The van der Waals surface area contributed by atoms with Crippen molar-refractivity contribution in [3.05, 3.63) is 90.8 Å². The summed E-state index contributed by atoms with van der Waals surface area (Å²) in [4.78, 5) is 9.17. The van der Waals surface area contributed by atoms with Gasteiger partial charge in [-0.1, -0.05) is 57.3 Å². The molecule has 3 aromatic rings. The molecule has 1 heterocycles. The number of hydrogen-bond acceptors (Lipinski definition) is 4. The van der Waals surface area contributed by atoms with Gasteiger partial charge in [-0.2, -0.15) is 0 Å². The fraction of sp³-hybridized carbons (Fsp3) is 0.300. The van der Waals surface area contributed by atoms with Crippen LogP contribution in [0, 0.1) is 0 Å². The summed E-state index contributed by atoms with van der Waals surface area (Å²) in [6.45, 7) is 19.0. The quantitative estimate of drug-likeness (QED) is 0.321. The van der Waals surface area contributed by atoms with Gasteiger partial charge < -0.3 is 15.1 Å². The normalized spacial score (nSPS) is 11.4. The molecule has 1 N–H and O–H groups in total. The summed E-state index contributed by atoms with van der Waals surface area (Å²) in [6.07, 6.45) is 6.28. The van der Waals surface area contributed by atoms with Gasteiger partial charge in [0, 0.05) is 54.5 Å². The largest absolute Gasteiger partial charge is 0.372 e. The Bertz CT molecular complexity index is 1190. The van der Waals surface area contributed by atoms with Crippen LogP contribution in [-0.4, -0.2) is 30.0 Å². The van der Waals surface area contributed by atoms with Gasteiger partial charge >= 0.3 is 0 Å². The van der Waals surface area contributed by atoms with Crippen LogP contribution in [0.5, 0.6) is 0 Å². The number of pyridine rings is 1. The molecule has 0 unspecified atom stereocenters. The molecule has 1 aromatic heterocycles. The van der Waals surface area contributed by atoms with Crippen LogP contribution in [0.3, 0.4) is 0 Å². The Kier molecular flexibility index (Phi) is 8.53. The molecule has 0 radical (unpaired) electrons. The predicted molar refractivity (Wildman–Crippen MR) is 150 cm³/mol. The molecule has 0 saturated carbocycles. The van der Waals surface area contributed by atoms with Gasteiger partial charge in [0.2, 0.25) is 0 Å². The van der Waals surface area contributed by atoms with Crippen molar-refractivity contribution < 1.29 is 0 Å². The second-order valence-electron chi connectivity index (χ2n) is 8.74. The standard InChI is InChI=1S/C30H38N4/c1-8-16-34(17-9-2)28-13-11-12-24(19-28)23(6)32-30-20-27-18-25(14-15-26(27)21-31-30)29(10-3)33(7)22(4)5/h10-15,18-21H,4,6,8-9,16-17H2,1-3,5,7H3,(H,31,32)/b29-10-. The molecule has 178 valence electrons. The summed E-state index contributed by atoms with van der Waals surface area (Å²) in [6, 6.07) is 17.1. The number of aromatic nitrogens is 1. The van der Waals surface area contributed by atoms with Gasteiger partial charge in [0.05, 0.1) is 0 Å². The Morgan fingerprint density at radius 2 is 1.71 bits per heavy atom. The van der Waals surface area contributed by atoms with Crippen LogP contribution in [0.4, 0.5) is 11.5 Å². The molecule has 4 nitrogen and oxygen atoms in total. The highest BCUT2D eigenvalue weighted by Crippen LogP contribution is 2.27. The van der Waals surface area contributed by atoms with E-state index in [2.05, 4.69) is 109 Å². The maximum absolute atomic E-state index is 4.63. The van der Waals surface area contributed by atoms with Crippen LogP contribution in [0.1, 0.15) is 51.7 Å². The van der Waals surface area contributed by atoms with Crippen LogP contribution < -0.4 is 10.2 Å². The molecule has 0 fully saturated rings. The number of allylic oxidation sites excluding steroid dienone is 2. The molecule has 0 aliphatic heterocycles. The number of nitrogens with one attached hydrogen (secondary N) is 1. The Balaban J connectivity index is 1.85. The lowest BCUT2D eigenvalue weighted by Gasteiger charge is -2.24. The van der Waals surface area contributed by atoms with Crippen LogP contribution >= 0.6 is 0 Å². The topological polar surface area (TPSA) is 31.4 Å². The van der Waals surface area contributed by atoms with Gasteiger partial charge in [-0.15, -0.1) is 0 Å². The Morgan fingerprint density at radius 1 is 0.971 bits per heavy atom. The summed E-state index contributed by atoms with van der Waals surface area (Å²) in [7, 11) is 2.04. The van der Waals surface area contributed by atoms with Crippen LogP contribution in [-0.2, 0) is 0 Å². The Morgan fingerprint density at radius 3 is 2.35 bits per heavy atom. The molecule has 0 aliphatic carbocycles. The van der Waals surface area contributed by atoms with Crippen molar-refractivity contribution in [1.29, 1.82) is 0 Å². The first-order chi connectivity index (χ1) is 16.4. The summed E-state index contributed by atoms with van der Waals surface area (Å²) >= 11 is 0. The van der Waals surface area contributed by atoms with E-state index < -0.39 is 0 Å². The molecule has 3 rings (SSSR count). The molecule has 0 aliphatic rings. The molecule has 0 saturated heterocycles. The zero-order chi connectivity index (χ0) is 24.7. The first-order valence-corrected chi connectivity index (χ1v) is 12.1. The van der Waals surface area contributed by atoms with Gasteiger partial charge in [0.1, 0.15) is 5.82 Å². The van der Waals surface area contributed by atoms with E-state index >= 15 is 0 Å². The van der Waals surface area contributed by atoms with Gasteiger partial charge in [0.25, 0.3) is 0 Å². The molecule has 34 heavy (non-hydrogen) atoms. The van der Waals surface area contributed by atoms with Crippen molar-refractivity contribution in [3.63, 3.8) is 0 Å². The highest BCUT2D eigenvalue weighted by molar-refractivity contribution is 5.89. The van der Waals surface area contributed by atoms with E-state index in [1.54, 1.807) is 0 Å². The molecule has 4 heteroatoms. The van der Waals surface area contributed by atoms with Crippen molar-refractivity contribution in [3.8, 4) is 0 Å². The lowest BCUT2D eigenvalue weighted by molar-refractivity contribution is 0.600. The number of anilines is 2. The van der Waals surface area contributed by atoms with Crippen molar-refractivity contribution in [2.24, 2.45) is 0 Å². The van der Waals surface area contributed by atoms with Gasteiger partial charge in [0.15, 0.2) is 0 Å². The fourth-order valence-corrected chi connectivity index (χ4v) is 4.16. The highest BCUT2D eigenvalue weighted by Gasteiger charge is 2.10. The molecule has 0 spiro atoms. The second-order valence-corrected chi connectivity index (χ2v) is 8.74. The number of nitrogens with zero attached hydrogens (tertiary/aromatic N) is 3. The molecule has 0 atom stereocenters. The lowest BCUT2D eigenvalue weighted by atomic mass is 10.1. The molecule has 0 amide bonds. The third kappa shape index (κ3) is 5.88. The van der Waals surface area contributed by atoms with Gasteiger partial charge in [-0.05, 0) is 67.5 Å². The minimum absolute atomic E-state index is 0.786. The fourth-order valence-electron chi connectivity index (χ4n) is 4.16. The maximum Gasteiger partial charge on any atom is 0.130 e. The van der Waals surface area contributed by atoms with E-state index in [4.69, 9.17) is 0 Å². The van der Waals surface area contributed by atoms with Gasteiger partial charge in [-0.3, -0.25) is 0 Å². The van der Waals surface area contributed by atoms with E-state index in [-0.39, 0.29) is 0 Å². The Hall–Kier alpha value is -3.53. The van der Waals surface area contributed by atoms with E-state index in [0.29, 0.717) is 0 Å². The van der Waals surface area contributed by atoms with Crippen LogP contribution in [0.25, 0.3) is 22.2 Å². The van der Waals surface area contributed by atoms with Crippen molar-refractivity contribution in [2.45, 2.75) is 40.5 Å². The number of rotatable bonds is 11. The summed E-state index contributed by atoms with van der Waals surface area (Å²) in [5.74, 6) is 0.786. The number of fused-ring (bicyclic) bond motifs is 1. The van der Waals surface area contributed by atoms with Gasteiger partial charge in [-0.25, -0.2) is 4.98 Å². The summed E-state index contributed by atoms with van der Waals surface area (Å²) < 4.78 is 0. The summed E-state index contributed by atoms with van der Waals surface area (Å²) in [5, 5.41) is 5.65. The van der Waals surface area contributed by atoms with Crippen molar-refractivity contribution in [1.82, 2.24) is 9.88 Å². The van der Waals surface area contributed by atoms with E-state index in [1.807, 2.05) is 20.2 Å². The first kappa shape index (κ1) is 25.1. The molecule has 2 aromatic carbocycles. The average Bonchev–Trinajstić information content (AvgIpc) is 2.84. The Labute approximate surface area is 205 Å². The molecule has 0 bridgehead atoms. The zero-order valence-electron chi connectivity index (χ0n) is 21.4. The number of benzene rings is 2. The van der Waals surface area contributed by atoms with E-state index in [9.17, 15) is 0 Å². The van der Waals surface area contributed by atoms with Crippen LogP contribution in [0.15, 0.2) is 79.7 Å². The SMILES string of the molecule is C=C(Nc1cc2cc(/C(=C/C)N(C)C(=C)C)ccc2cn1)c1cccc(N(CCC)CCC)c1. The highest BCUT2D eigenvalue weighted by atomic mass is 15.1. The third-order valence-corrected chi connectivity index (χ3v) is 6.05. The zero-order valence-corrected chi connectivity index (χ0v) is 21.4. The first-order valence-electron chi connectivity index (χ1n) is 12.1. The monoisotopic (exact) mass is 454 g/mol. The molecular formula is C30H38N4.